The second-order valence-corrected chi connectivity index (χ2v) is 6.81. The Labute approximate surface area is 140 Å². The van der Waals surface area contributed by atoms with E-state index in [2.05, 4.69) is 17.1 Å². The van der Waals surface area contributed by atoms with E-state index >= 15 is 0 Å². The predicted octanol–water partition coefficient (Wildman–Crippen LogP) is 2.85. The number of unbranched alkanes of at least 4 members (excludes halogenated alkanes) is 2. The smallest absolute Gasteiger partial charge is 0.328 e. The fourth-order valence-corrected chi connectivity index (χ4v) is 3.45. The van der Waals surface area contributed by atoms with Crippen LogP contribution >= 0.6 is 22.9 Å². The second-order valence-electron chi connectivity index (χ2n) is 5.39. The number of aliphatic hydroxyl groups excluding tert-OH is 1. The number of anilines is 1. The van der Waals surface area contributed by atoms with E-state index < -0.39 is 6.23 Å². The first-order chi connectivity index (χ1) is 10.7. The van der Waals surface area contributed by atoms with Gasteiger partial charge >= 0.3 is 6.03 Å². The standard InChI is InChI=1S/C14H23ClN4O2S/c1-2-3-4-6-11-16-17-13(22-11)19-12(20)7-10-18(14(19)21)9-5-8-15/h12,20H,2-10H2,1H3. The average molecular weight is 347 g/mol. The summed E-state index contributed by atoms with van der Waals surface area (Å²) in [5, 5.41) is 19.8. The van der Waals surface area contributed by atoms with E-state index in [1.807, 2.05) is 0 Å². The monoisotopic (exact) mass is 346 g/mol. The van der Waals surface area contributed by atoms with Gasteiger partial charge in [0.1, 0.15) is 11.2 Å². The average Bonchev–Trinajstić information content (AvgIpc) is 2.95. The molecule has 1 aromatic heterocycles. The van der Waals surface area contributed by atoms with Crippen LogP contribution in [0, 0.1) is 0 Å². The van der Waals surface area contributed by atoms with Crippen molar-refractivity contribution in [2.45, 2.75) is 51.7 Å². The summed E-state index contributed by atoms with van der Waals surface area (Å²) in [4.78, 5) is 15.6. The number of rotatable bonds is 8. The quantitative estimate of drug-likeness (QED) is 0.580. The van der Waals surface area contributed by atoms with Crippen molar-refractivity contribution in [3.8, 4) is 0 Å². The SMILES string of the molecule is CCCCCc1nnc(N2C(=O)N(CCCCl)CCC2O)s1. The minimum atomic E-state index is -0.823. The molecule has 0 bridgehead atoms. The predicted molar refractivity (Wildman–Crippen MR) is 88.5 cm³/mol. The molecule has 0 aromatic carbocycles. The summed E-state index contributed by atoms with van der Waals surface area (Å²) in [5.74, 6) is 0.521. The van der Waals surface area contributed by atoms with Gasteiger partial charge in [-0.25, -0.2) is 9.69 Å². The van der Waals surface area contributed by atoms with Gasteiger partial charge in [-0.15, -0.1) is 21.8 Å². The Morgan fingerprint density at radius 1 is 1.36 bits per heavy atom. The maximum atomic E-state index is 12.5. The van der Waals surface area contributed by atoms with Gasteiger partial charge in [-0.2, -0.15) is 0 Å². The van der Waals surface area contributed by atoms with Crippen LogP contribution in [0.4, 0.5) is 9.93 Å². The molecule has 1 atom stereocenters. The Balaban J connectivity index is 2.03. The lowest BCUT2D eigenvalue weighted by atomic mass is 10.2. The number of carbonyl (C=O) groups excluding carboxylic acids is 1. The molecule has 2 amide bonds. The molecule has 22 heavy (non-hydrogen) atoms. The lowest BCUT2D eigenvalue weighted by Gasteiger charge is -2.37. The molecule has 124 valence electrons. The Bertz CT molecular complexity index is 483. The van der Waals surface area contributed by atoms with E-state index in [9.17, 15) is 9.90 Å². The second kappa shape index (κ2) is 8.64. The summed E-state index contributed by atoms with van der Waals surface area (Å²) in [6.45, 7) is 3.31. The molecular weight excluding hydrogens is 324 g/mol. The van der Waals surface area contributed by atoms with Crippen LogP contribution in [-0.2, 0) is 6.42 Å². The largest absolute Gasteiger partial charge is 0.373 e. The topological polar surface area (TPSA) is 69.6 Å². The van der Waals surface area contributed by atoms with E-state index in [1.165, 1.54) is 16.2 Å². The molecule has 0 spiro atoms. The molecule has 8 heteroatoms. The van der Waals surface area contributed by atoms with Gasteiger partial charge in [-0.05, 0) is 12.8 Å². The van der Waals surface area contributed by atoms with Crippen LogP contribution in [0.15, 0.2) is 0 Å². The molecule has 1 fully saturated rings. The number of halogens is 1. The summed E-state index contributed by atoms with van der Waals surface area (Å²) in [6.07, 6.45) is 4.70. The van der Waals surface area contributed by atoms with Gasteiger partial charge < -0.3 is 10.0 Å². The number of hydrogen-bond acceptors (Lipinski definition) is 5. The Kier molecular flexibility index (Phi) is 6.85. The van der Waals surface area contributed by atoms with Gasteiger partial charge in [0.05, 0.1) is 0 Å². The molecular formula is C14H23ClN4O2S. The third-order valence-corrected chi connectivity index (χ3v) is 4.90. The first-order valence-corrected chi connectivity index (χ1v) is 9.17. The fourth-order valence-electron chi connectivity index (χ4n) is 2.41. The highest BCUT2D eigenvalue weighted by molar-refractivity contribution is 7.15. The zero-order valence-corrected chi connectivity index (χ0v) is 14.4. The van der Waals surface area contributed by atoms with Gasteiger partial charge in [-0.1, -0.05) is 31.1 Å². The molecule has 2 rings (SSSR count). The van der Waals surface area contributed by atoms with Gasteiger partial charge in [0.25, 0.3) is 0 Å². The number of alkyl halides is 1. The minimum Gasteiger partial charge on any atom is -0.373 e. The summed E-state index contributed by atoms with van der Waals surface area (Å²) in [6, 6.07) is -0.208. The number of nitrogens with zero attached hydrogens (tertiary/aromatic N) is 4. The maximum absolute atomic E-state index is 12.5. The van der Waals surface area contributed by atoms with Crippen molar-refractivity contribution in [2.75, 3.05) is 23.9 Å². The molecule has 0 aliphatic carbocycles. The van der Waals surface area contributed by atoms with Crippen LogP contribution in [0.3, 0.4) is 0 Å². The zero-order valence-electron chi connectivity index (χ0n) is 12.9. The molecule has 0 radical (unpaired) electrons. The molecule has 1 saturated heterocycles. The number of aryl methyl sites for hydroxylation is 1. The molecule has 6 nitrogen and oxygen atoms in total. The zero-order chi connectivity index (χ0) is 15.9. The maximum Gasteiger partial charge on any atom is 0.328 e. The lowest BCUT2D eigenvalue weighted by Crippen LogP contribution is -2.55. The fraction of sp³-hybridized carbons (Fsp3) is 0.786. The normalized spacial score (nSPS) is 19.0. The number of carbonyl (C=O) groups is 1. The first-order valence-electron chi connectivity index (χ1n) is 7.82. The number of amides is 2. The molecule has 1 aliphatic rings. The Morgan fingerprint density at radius 2 is 2.18 bits per heavy atom. The van der Waals surface area contributed by atoms with Crippen molar-refractivity contribution in [1.29, 1.82) is 0 Å². The van der Waals surface area contributed by atoms with Crippen molar-refractivity contribution < 1.29 is 9.90 Å². The molecule has 0 saturated carbocycles. The number of hydrogen-bond donors (Lipinski definition) is 1. The number of aliphatic hydroxyl groups is 1. The van der Waals surface area contributed by atoms with Crippen LogP contribution in [0.1, 0.15) is 44.0 Å². The molecule has 1 N–H and O–H groups in total. The van der Waals surface area contributed by atoms with E-state index in [1.54, 1.807) is 4.90 Å². The summed E-state index contributed by atoms with van der Waals surface area (Å²) in [7, 11) is 0. The molecule has 1 unspecified atom stereocenters. The van der Waals surface area contributed by atoms with E-state index in [0.29, 0.717) is 30.5 Å². The third kappa shape index (κ3) is 4.30. The summed E-state index contributed by atoms with van der Waals surface area (Å²) >= 11 is 7.09. The molecule has 1 aliphatic heterocycles. The van der Waals surface area contributed by atoms with Gasteiger partial charge in [-0.3, -0.25) is 0 Å². The van der Waals surface area contributed by atoms with Crippen molar-refractivity contribution in [2.24, 2.45) is 0 Å². The molecule has 2 heterocycles. The number of urea groups is 1. The van der Waals surface area contributed by atoms with Crippen molar-refractivity contribution in [3.05, 3.63) is 5.01 Å². The lowest BCUT2D eigenvalue weighted by molar-refractivity contribution is 0.109. The third-order valence-electron chi connectivity index (χ3n) is 3.65. The Hall–Kier alpha value is -0.920. The van der Waals surface area contributed by atoms with E-state index in [4.69, 9.17) is 11.6 Å². The summed E-state index contributed by atoms with van der Waals surface area (Å²) in [5.41, 5.74) is 0. The van der Waals surface area contributed by atoms with Crippen LogP contribution in [0.5, 0.6) is 0 Å². The van der Waals surface area contributed by atoms with Crippen LogP contribution in [-0.4, -0.2) is 51.4 Å². The highest BCUT2D eigenvalue weighted by atomic mass is 35.5. The highest BCUT2D eigenvalue weighted by Gasteiger charge is 2.35. The van der Waals surface area contributed by atoms with E-state index in [-0.39, 0.29) is 6.03 Å². The first kappa shape index (κ1) is 17.4. The Morgan fingerprint density at radius 3 is 2.91 bits per heavy atom. The van der Waals surface area contributed by atoms with E-state index in [0.717, 1.165) is 37.1 Å². The molecule has 1 aromatic rings. The van der Waals surface area contributed by atoms with Crippen molar-refractivity contribution in [3.63, 3.8) is 0 Å². The van der Waals surface area contributed by atoms with Gasteiger partial charge in [0, 0.05) is 31.8 Å². The van der Waals surface area contributed by atoms with Gasteiger partial charge in [0.15, 0.2) is 0 Å². The minimum absolute atomic E-state index is 0.208. The van der Waals surface area contributed by atoms with Crippen molar-refractivity contribution >= 4 is 34.1 Å². The highest BCUT2D eigenvalue weighted by Crippen LogP contribution is 2.27. The van der Waals surface area contributed by atoms with Crippen LogP contribution in [0.2, 0.25) is 0 Å². The number of aromatic nitrogens is 2. The van der Waals surface area contributed by atoms with Crippen molar-refractivity contribution in [1.82, 2.24) is 15.1 Å². The van der Waals surface area contributed by atoms with Crippen LogP contribution < -0.4 is 4.90 Å². The summed E-state index contributed by atoms with van der Waals surface area (Å²) < 4.78 is 0. The van der Waals surface area contributed by atoms with Crippen LogP contribution in [0.25, 0.3) is 0 Å². The van der Waals surface area contributed by atoms with Gasteiger partial charge in [0.2, 0.25) is 5.13 Å².